The monoisotopic (exact) mass is 648 g/mol. The number of ether oxygens (including phenoxy) is 3. The average molecular weight is 649 g/mol. The first-order valence-corrected chi connectivity index (χ1v) is 12.8. The molecule has 8 heteroatoms. The lowest BCUT2D eigenvalue weighted by Gasteiger charge is -2.17. The van der Waals surface area contributed by atoms with E-state index in [0.717, 1.165) is 24.7 Å². The van der Waals surface area contributed by atoms with Crippen molar-refractivity contribution < 1.29 is 19.0 Å². The van der Waals surface area contributed by atoms with Gasteiger partial charge in [-0.2, -0.15) is 5.10 Å². The van der Waals surface area contributed by atoms with E-state index in [1.807, 2.05) is 55.5 Å². The smallest absolute Gasteiger partial charge is 0.271 e. The Kier molecular flexibility index (Phi) is 10.2. The molecule has 0 unspecified atom stereocenters. The Morgan fingerprint density at radius 3 is 2.57 bits per heavy atom. The molecule has 0 saturated carbocycles. The summed E-state index contributed by atoms with van der Waals surface area (Å²) in [5.41, 5.74) is 5.74. The molecule has 35 heavy (non-hydrogen) atoms. The van der Waals surface area contributed by atoms with Crippen LogP contribution >= 0.6 is 38.5 Å². The Morgan fingerprint density at radius 1 is 1.11 bits per heavy atom. The maximum atomic E-state index is 12.5. The molecule has 0 spiro atoms. The van der Waals surface area contributed by atoms with Gasteiger partial charge in [-0.25, -0.2) is 5.43 Å². The van der Waals surface area contributed by atoms with Gasteiger partial charge in [0.2, 0.25) is 0 Å². The second kappa shape index (κ2) is 13.3. The molecule has 1 N–H and O–H groups in total. The van der Waals surface area contributed by atoms with Gasteiger partial charge in [-0.05, 0) is 89.5 Å². The molecule has 0 saturated heterocycles. The number of benzene rings is 3. The van der Waals surface area contributed by atoms with E-state index in [1.165, 1.54) is 0 Å². The minimum atomic E-state index is -0.332. The zero-order chi connectivity index (χ0) is 25.2. The molecular weight excluding hydrogens is 623 g/mol. The van der Waals surface area contributed by atoms with Gasteiger partial charge < -0.3 is 14.2 Å². The summed E-state index contributed by atoms with van der Waals surface area (Å²) < 4.78 is 19.3. The molecule has 0 heterocycles. The molecule has 0 aliphatic heterocycles. The van der Waals surface area contributed by atoms with Gasteiger partial charge in [0.25, 0.3) is 5.91 Å². The van der Waals surface area contributed by atoms with E-state index < -0.39 is 0 Å². The quantitative estimate of drug-likeness (QED) is 0.111. The Balaban J connectivity index is 1.80. The summed E-state index contributed by atoms with van der Waals surface area (Å²) >= 11 is 5.60. The fraction of sp³-hybridized carbons (Fsp3) is 0.185. The molecule has 0 aliphatic rings. The first-order chi connectivity index (χ1) is 16.9. The number of hydrogen-bond donors (Lipinski definition) is 1. The highest BCUT2D eigenvalue weighted by molar-refractivity contribution is 14.1. The highest BCUT2D eigenvalue weighted by Gasteiger charge is 2.14. The van der Waals surface area contributed by atoms with Crippen molar-refractivity contribution in [3.8, 4) is 17.2 Å². The van der Waals surface area contributed by atoms with Crippen LogP contribution in [-0.2, 0) is 13.0 Å². The number of nitrogens with zero attached hydrogens (tertiary/aromatic N) is 1. The van der Waals surface area contributed by atoms with Gasteiger partial charge in [0, 0.05) is 15.6 Å². The molecule has 182 valence electrons. The third-order valence-corrected chi connectivity index (χ3v) is 6.33. The highest BCUT2D eigenvalue weighted by Crippen LogP contribution is 2.34. The summed E-state index contributed by atoms with van der Waals surface area (Å²) in [5.74, 6) is 1.58. The normalized spacial score (nSPS) is 10.7. The van der Waals surface area contributed by atoms with E-state index in [2.05, 4.69) is 55.6 Å². The number of nitrogens with one attached hydrogen (secondary N) is 1. The Bertz CT molecular complexity index is 1210. The van der Waals surface area contributed by atoms with E-state index in [-0.39, 0.29) is 5.91 Å². The molecule has 6 nitrogen and oxygen atoms in total. The van der Waals surface area contributed by atoms with Crippen LogP contribution in [0.5, 0.6) is 17.2 Å². The van der Waals surface area contributed by atoms with Crippen molar-refractivity contribution in [2.45, 2.75) is 20.0 Å². The van der Waals surface area contributed by atoms with Gasteiger partial charge in [-0.15, -0.1) is 6.58 Å². The predicted molar refractivity (Wildman–Crippen MR) is 151 cm³/mol. The standard InChI is InChI=1S/C27H26BrIN2O4/c1-4-6-20-13-19(16-30-31-27(32)21-9-12-23(29)24(15-21)33-3)14-25(34-5-2)26(20)35-17-18-7-10-22(28)11-8-18/h4,7-16H,1,5-6,17H2,2-3H3,(H,31,32)/b30-16-. The number of allylic oxidation sites excluding steroid dienone is 1. The van der Waals surface area contributed by atoms with Crippen molar-refractivity contribution in [3.05, 3.63) is 97.5 Å². The van der Waals surface area contributed by atoms with Gasteiger partial charge in [-0.3, -0.25) is 4.79 Å². The van der Waals surface area contributed by atoms with E-state index in [1.54, 1.807) is 25.5 Å². The van der Waals surface area contributed by atoms with Crippen molar-refractivity contribution in [2.24, 2.45) is 5.10 Å². The molecule has 0 aliphatic carbocycles. The molecule has 0 radical (unpaired) electrons. The molecule has 0 fully saturated rings. The van der Waals surface area contributed by atoms with Crippen LogP contribution in [-0.4, -0.2) is 25.8 Å². The minimum Gasteiger partial charge on any atom is -0.496 e. The first kappa shape index (κ1) is 26.7. The molecule has 1 amide bonds. The fourth-order valence-corrected chi connectivity index (χ4v) is 4.08. The first-order valence-electron chi connectivity index (χ1n) is 10.9. The Morgan fingerprint density at radius 2 is 1.89 bits per heavy atom. The molecule has 3 aromatic rings. The summed E-state index contributed by atoms with van der Waals surface area (Å²) in [6.45, 7) is 6.67. The Hall–Kier alpha value is -2.85. The van der Waals surface area contributed by atoms with Crippen molar-refractivity contribution in [1.29, 1.82) is 0 Å². The lowest BCUT2D eigenvalue weighted by atomic mass is 10.1. The van der Waals surface area contributed by atoms with E-state index >= 15 is 0 Å². The lowest BCUT2D eigenvalue weighted by molar-refractivity contribution is 0.0954. The summed E-state index contributed by atoms with van der Waals surface area (Å²) in [7, 11) is 1.57. The van der Waals surface area contributed by atoms with Crippen LogP contribution in [0.15, 0.2) is 76.8 Å². The summed E-state index contributed by atoms with van der Waals surface area (Å²) in [6, 6.07) is 17.0. The zero-order valence-electron chi connectivity index (χ0n) is 19.5. The molecule has 3 aromatic carbocycles. The number of hydrazone groups is 1. The topological polar surface area (TPSA) is 69.2 Å². The molecular formula is C27H26BrIN2O4. The third-order valence-electron chi connectivity index (χ3n) is 4.91. The number of hydrogen-bond acceptors (Lipinski definition) is 5. The summed E-state index contributed by atoms with van der Waals surface area (Å²) in [5, 5.41) is 4.14. The number of rotatable bonds is 11. The number of carbonyl (C=O) groups is 1. The van der Waals surface area contributed by atoms with Gasteiger partial charge in [-0.1, -0.05) is 34.1 Å². The maximum Gasteiger partial charge on any atom is 0.271 e. The van der Waals surface area contributed by atoms with E-state index in [0.29, 0.717) is 42.4 Å². The molecule has 0 aromatic heterocycles. The van der Waals surface area contributed by atoms with Crippen LogP contribution in [0.25, 0.3) is 0 Å². The average Bonchev–Trinajstić information content (AvgIpc) is 2.85. The van der Waals surface area contributed by atoms with Crippen molar-refractivity contribution in [3.63, 3.8) is 0 Å². The van der Waals surface area contributed by atoms with Gasteiger partial charge >= 0.3 is 0 Å². The minimum absolute atomic E-state index is 0.332. The summed E-state index contributed by atoms with van der Waals surface area (Å²) in [4.78, 5) is 12.5. The number of carbonyl (C=O) groups excluding carboxylic acids is 1. The largest absolute Gasteiger partial charge is 0.496 e. The number of methoxy groups -OCH3 is 1. The molecule has 0 atom stereocenters. The van der Waals surface area contributed by atoms with Crippen LogP contribution in [0.4, 0.5) is 0 Å². The van der Waals surface area contributed by atoms with E-state index in [4.69, 9.17) is 14.2 Å². The molecule has 3 rings (SSSR count). The molecule has 0 bridgehead atoms. The fourth-order valence-electron chi connectivity index (χ4n) is 3.26. The second-order valence-electron chi connectivity index (χ2n) is 7.40. The van der Waals surface area contributed by atoms with Crippen LogP contribution < -0.4 is 19.6 Å². The van der Waals surface area contributed by atoms with Crippen molar-refractivity contribution >= 4 is 50.6 Å². The van der Waals surface area contributed by atoms with Crippen LogP contribution in [0, 0.1) is 3.57 Å². The van der Waals surface area contributed by atoms with Crippen molar-refractivity contribution in [2.75, 3.05) is 13.7 Å². The Labute approximate surface area is 227 Å². The number of amides is 1. The zero-order valence-corrected chi connectivity index (χ0v) is 23.3. The van der Waals surface area contributed by atoms with E-state index in [9.17, 15) is 4.79 Å². The van der Waals surface area contributed by atoms with Crippen LogP contribution in [0.2, 0.25) is 0 Å². The highest BCUT2D eigenvalue weighted by atomic mass is 127. The SMILES string of the molecule is C=CCc1cc(/C=N\NC(=O)c2ccc(I)c(OC)c2)cc(OCC)c1OCc1ccc(Br)cc1. The van der Waals surface area contributed by atoms with Crippen molar-refractivity contribution in [1.82, 2.24) is 5.43 Å². The predicted octanol–water partition coefficient (Wildman–Crippen LogP) is 6.53. The maximum absolute atomic E-state index is 12.5. The van der Waals surface area contributed by atoms with Crippen LogP contribution in [0.3, 0.4) is 0 Å². The number of halogens is 2. The van der Waals surface area contributed by atoms with Gasteiger partial charge in [0.15, 0.2) is 11.5 Å². The third kappa shape index (κ3) is 7.57. The van der Waals surface area contributed by atoms with Crippen LogP contribution in [0.1, 0.15) is 34.0 Å². The van der Waals surface area contributed by atoms with Gasteiger partial charge in [0.1, 0.15) is 12.4 Å². The van der Waals surface area contributed by atoms with Gasteiger partial charge in [0.05, 0.1) is 23.5 Å². The lowest BCUT2D eigenvalue weighted by Crippen LogP contribution is -2.17. The second-order valence-corrected chi connectivity index (χ2v) is 9.47. The summed E-state index contributed by atoms with van der Waals surface area (Å²) in [6.07, 6.45) is 3.98.